The highest BCUT2D eigenvalue weighted by atomic mass is 32.1. The zero-order valence-electron chi connectivity index (χ0n) is 9.05. The summed E-state index contributed by atoms with van der Waals surface area (Å²) in [5.41, 5.74) is 0.106. The fraction of sp³-hybridized carbons (Fsp3) is 1.00. The Morgan fingerprint density at radius 1 is 1.08 bits per heavy atom. The van der Waals surface area contributed by atoms with Crippen LogP contribution in [0.2, 0.25) is 0 Å². The van der Waals surface area contributed by atoms with Crippen molar-refractivity contribution in [2.75, 3.05) is 12.4 Å². The highest BCUT2D eigenvalue weighted by Crippen LogP contribution is 2.31. The number of aliphatic hydroxyl groups excluding tert-OH is 1. The van der Waals surface area contributed by atoms with E-state index < -0.39 is 0 Å². The minimum atomic E-state index is 0.106. The van der Waals surface area contributed by atoms with E-state index in [0.29, 0.717) is 6.61 Å². The van der Waals surface area contributed by atoms with Gasteiger partial charge in [-0.3, -0.25) is 0 Å². The smallest absolute Gasteiger partial charge is 0.0495 e. The first-order chi connectivity index (χ1) is 6.24. The fourth-order valence-electron chi connectivity index (χ4n) is 1.59. The first kappa shape index (κ1) is 13.3. The van der Waals surface area contributed by atoms with Crippen LogP contribution in [0.5, 0.6) is 0 Å². The predicted molar refractivity (Wildman–Crippen MR) is 62.4 cm³/mol. The molecule has 0 radical (unpaired) electrons. The van der Waals surface area contributed by atoms with E-state index in [1.54, 1.807) is 0 Å². The molecule has 0 fully saturated rings. The van der Waals surface area contributed by atoms with Crippen molar-refractivity contribution in [3.05, 3.63) is 0 Å². The number of hydrogen-bond donors (Lipinski definition) is 2. The maximum Gasteiger partial charge on any atom is 0.0495 e. The molecule has 0 aliphatic carbocycles. The average Bonchev–Trinajstić information content (AvgIpc) is 2.20. The summed E-state index contributed by atoms with van der Waals surface area (Å²) in [4.78, 5) is 0. The summed E-state index contributed by atoms with van der Waals surface area (Å²) in [5.74, 6) is 0.823. The highest BCUT2D eigenvalue weighted by molar-refractivity contribution is 7.80. The first-order valence-electron chi connectivity index (χ1n) is 5.46. The Bertz CT molecular complexity index is 101. The molecule has 0 amide bonds. The number of unbranched alkanes of at least 4 members (excludes halogenated alkanes) is 2. The van der Waals surface area contributed by atoms with Gasteiger partial charge in [-0.1, -0.05) is 39.5 Å². The molecule has 1 N–H and O–H groups in total. The zero-order valence-corrected chi connectivity index (χ0v) is 9.95. The SMILES string of the molecule is CCCCC(CO)(CS)CCCC. The summed E-state index contributed by atoms with van der Waals surface area (Å²) in [7, 11) is 0. The monoisotopic (exact) mass is 204 g/mol. The largest absolute Gasteiger partial charge is 0.396 e. The van der Waals surface area contributed by atoms with Crippen molar-refractivity contribution < 1.29 is 5.11 Å². The zero-order chi connectivity index (χ0) is 10.2. The van der Waals surface area contributed by atoms with Crippen LogP contribution in [-0.2, 0) is 0 Å². The average molecular weight is 204 g/mol. The molecule has 0 rings (SSSR count). The minimum absolute atomic E-state index is 0.106. The van der Waals surface area contributed by atoms with Crippen molar-refractivity contribution in [3.63, 3.8) is 0 Å². The Morgan fingerprint density at radius 2 is 1.54 bits per heavy atom. The standard InChI is InChI=1S/C11H24OS/c1-3-5-7-11(9-12,10-13)8-6-4-2/h12-13H,3-10H2,1-2H3. The maximum absolute atomic E-state index is 9.38. The molecule has 0 unspecified atom stereocenters. The topological polar surface area (TPSA) is 20.2 Å². The van der Waals surface area contributed by atoms with E-state index in [4.69, 9.17) is 0 Å². The van der Waals surface area contributed by atoms with Gasteiger partial charge in [0.2, 0.25) is 0 Å². The molecule has 2 heteroatoms. The second-order valence-electron chi connectivity index (χ2n) is 4.02. The Morgan fingerprint density at radius 3 is 1.77 bits per heavy atom. The van der Waals surface area contributed by atoms with Crippen LogP contribution in [0.4, 0.5) is 0 Å². The molecule has 0 aromatic rings. The molecular weight excluding hydrogens is 180 g/mol. The minimum Gasteiger partial charge on any atom is -0.396 e. The quantitative estimate of drug-likeness (QED) is 0.581. The number of rotatable bonds is 8. The third-order valence-electron chi connectivity index (χ3n) is 2.79. The van der Waals surface area contributed by atoms with E-state index >= 15 is 0 Å². The van der Waals surface area contributed by atoms with Gasteiger partial charge in [0, 0.05) is 12.0 Å². The van der Waals surface area contributed by atoms with Gasteiger partial charge in [-0.25, -0.2) is 0 Å². The van der Waals surface area contributed by atoms with Crippen LogP contribution in [-0.4, -0.2) is 17.5 Å². The van der Waals surface area contributed by atoms with E-state index in [1.807, 2.05) is 0 Å². The summed E-state index contributed by atoms with van der Waals surface area (Å²) in [6.45, 7) is 4.69. The van der Waals surface area contributed by atoms with Crippen LogP contribution in [0, 0.1) is 5.41 Å². The predicted octanol–water partition coefficient (Wildman–Crippen LogP) is 3.28. The first-order valence-corrected chi connectivity index (χ1v) is 6.09. The van der Waals surface area contributed by atoms with Crippen molar-refractivity contribution in [3.8, 4) is 0 Å². The van der Waals surface area contributed by atoms with Crippen molar-refractivity contribution in [1.82, 2.24) is 0 Å². The summed E-state index contributed by atoms with van der Waals surface area (Å²) in [5, 5.41) is 9.38. The Balaban J connectivity index is 3.97. The Labute approximate surface area is 88.3 Å². The third-order valence-corrected chi connectivity index (χ3v) is 3.46. The maximum atomic E-state index is 9.38. The van der Waals surface area contributed by atoms with Gasteiger partial charge in [0.25, 0.3) is 0 Å². The van der Waals surface area contributed by atoms with Crippen LogP contribution in [0.15, 0.2) is 0 Å². The summed E-state index contributed by atoms with van der Waals surface area (Å²) in [6.07, 6.45) is 7.10. The van der Waals surface area contributed by atoms with Crippen molar-refractivity contribution >= 4 is 12.6 Å². The lowest BCUT2D eigenvalue weighted by atomic mass is 9.81. The molecule has 0 heterocycles. The van der Waals surface area contributed by atoms with Crippen LogP contribution in [0.25, 0.3) is 0 Å². The van der Waals surface area contributed by atoms with Crippen molar-refractivity contribution in [2.45, 2.75) is 52.4 Å². The lowest BCUT2D eigenvalue weighted by Crippen LogP contribution is -2.27. The van der Waals surface area contributed by atoms with E-state index in [9.17, 15) is 5.11 Å². The van der Waals surface area contributed by atoms with Gasteiger partial charge in [0.05, 0.1) is 0 Å². The lowest BCUT2D eigenvalue weighted by Gasteiger charge is -2.30. The molecule has 0 aliphatic rings. The van der Waals surface area contributed by atoms with Gasteiger partial charge in [0.15, 0.2) is 0 Å². The van der Waals surface area contributed by atoms with Gasteiger partial charge in [-0.15, -0.1) is 0 Å². The molecule has 0 aliphatic heterocycles. The van der Waals surface area contributed by atoms with Crippen LogP contribution < -0.4 is 0 Å². The second-order valence-corrected chi connectivity index (χ2v) is 4.34. The van der Waals surface area contributed by atoms with Crippen molar-refractivity contribution in [2.24, 2.45) is 5.41 Å². The van der Waals surface area contributed by atoms with E-state index in [2.05, 4.69) is 26.5 Å². The molecule has 80 valence electrons. The normalized spacial score (nSPS) is 12.0. The number of aliphatic hydroxyl groups is 1. The number of thiol groups is 1. The summed E-state index contributed by atoms with van der Waals surface area (Å²) >= 11 is 4.37. The van der Waals surface area contributed by atoms with E-state index in [0.717, 1.165) is 18.6 Å². The molecule has 0 atom stereocenters. The Kier molecular flexibility index (Phi) is 7.87. The molecule has 0 spiro atoms. The lowest BCUT2D eigenvalue weighted by molar-refractivity contribution is 0.122. The molecule has 0 saturated carbocycles. The fourth-order valence-corrected chi connectivity index (χ4v) is 2.01. The summed E-state index contributed by atoms with van der Waals surface area (Å²) in [6, 6.07) is 0. The van der Waals surface area contributed by atoms with Gasteiger partial charge >= 0.3 is 0 Å². The molecule has 0 bridgehead atoms. The molecular formula is C11H24OS. The molecule has 13 heavy (non-hydrogen) atoms. The van der Waals surface area contributed by atoms with Gasteiger partial charge in [0.1, 0.15) is 0 Å². The molecule has 1 nitrogen and oxygen atoms in total. The molecule has 0 aromatic heterocycles. The van der Waals surface area contributed by atoms with Crippen LogP contribution >= 0.6 is 12.6 Å². The van der Waals surface area contributed by atoms with E-state index in [-0.39, 0.29) is 5.41 Å². The van der Waals surface area contributed by atoms with E-state index in [1.165, 1.54) is 25.7 Å². The third kappa shape index (κ3) is 4.92. The van der Waals surface area contributed by atoms with Crippen LogP contribution in [0.3, 0.4) is 0 Å². The van der Waals surface area contributed by atoms with Gasteiger partial charge < -0.3 is 5.11 Å². The van der Waals surface area contributed by atoms with Gasteiger partial charge in [-0.05, 0) is 18.6 Å². The van der Waals surface area contributed by atoms with Gasteiger partial charge in [-0.2, -0.15) is 12.6 Å². The highest BCUT2D eigenvalue weighted by Gasteiger charge is 2.26. The second kappa shape index (κ2) is 7.69. The molecule has 0 aromatic carbocycles. The molecule has 0 saturated heterocycles. The number of hydrogen-bond acceptors (Lipinski definition) is 2. The van der Waals surface area contributed by atoms with Crippen molar-refractivity contribution in [1.29, 1.82) is 0 Å². The van der Waals surface area contributed by atoms with Crippen LogP contribution in [0.1, 0.15) is 52.4 Å². The summed E-state index contributed by atoms with van der Waals surface area (Å²) < 4.78 is 0. The Hall–Kier alpha value is 0.310.